The van der Waals surface area contributed by atoms with Gasteiger partial charge in [-0.05, 0) is 50.7 Å². The third kappa shape index (κ3) is 7.59. The minimum atomic E-state index is -0.764. The number of alkyl carbamates (subject to hydrolysis) is 1. The fourth-order valence-electron chi connectivity index (χ4n) is 3.41. The van der Waals surface area contributed by atoms with Crippen molar-refractivity contribution in [2.75, 3.05) is 0 Å². The maximum Gasteiger partial charge on any atom is 0.407 e. The number of carboxylic acid groups (broad SMARTS) is 1. The summed E-state index contributed by atoms with van der Waals surface area (Å²) in [6, 6.07) is 7.30. The van der Waals surface area contributed by atoms with Gasteiger partial charge in [0.1, 0.15) is 11.6 Å². The first-order chi connectivity index (χ1) is 12.7. The van der Waals surface area contributed by atoms with E-state index in [1.165, 1.54) is 6.42 Å². The number of carbonyl (C=O) groups is 2. The highest BCUT2D eigenvalue weighted by Gasteiger charge is 2.28. The molecule has 1 aliphatic rings. The maximum atomic E-state index is 11.7. The number of amides is 1. The van der Waals surface area contributed by atoms with Crippen molar-refractivity contribution >= 4 is 12.1 Å². The van der Waals surface area contributed by atoms with E-state index in [2.05, 4.69) is 10.6 Å². The average Bonchev–Trinajstić information content (AvgIpc) is 2.60. The molecule has 1 aromatic carbocycles. The Balaban J connectivity index is 1.82. The topological polar surface area (TPSA) is 87.7 Å². The van der Waals surface area contributed by atoms with E-state index >= 15 is 0 Å². The molecule has 0 aromatic heterocycles. The van der Waals surface area contributed by atoms with Gasteiger partial charge in [0.25, 0.3) is 0 Å². The summed E-state index contributed by atoms with van der Waals surface area (Å²) in [6.45, 7) is 6.39. The van der Waals surface area contributed by atoms with E-state index in [9.17, 15) is 14.7 Å². The quantitative estimate of drug-likeness (QED) is 0.673. The second-order valence-corrected chi connectivity index (χ2v) is 8.27. The number of nitrogens with one attached hydrogen (secondary N) is 2. The van der Waals surface area contributed by atoms with Gasteiger partial charge in [-0.2, -0.15) is 0 Å². The van der Waals surface area contributed by atoms with Crippen LogP contribution in [0.2, 0.25) is 0 Å². The Kier molecular flexibility index (Phi) is 7.66. The number of aliphatic carboxylic acids is 1. The molecular formula is C21H32N2O4. The summed E-state index contributed by atoms with van der Waals surface area (Å²) in [5.41, 5.74) is 1.48. The molecule has 0 spiro atoms. The van der Waals surface area contributed by atoms with Crippen LogP contribution in [-0.4, -0.2) is 28.8 Å². The maximum absolute atomic E-state index is 11.7. The van der Waals surface area contributed by atoms with Gasteiger partial charge in [-0.3, -0.25) is 4.79 Å². The normalized spacial score (nSPS) is 16.6. The second-order valence-electron chi connectivity index (χ2n) is 8.27. The molecular weight excluding hydrogens is 344 g/mol. The van der Waals surface area contributed by atoms with E-state index < -0.39 is 23.7 Å². The number of hydrogen-bond donors (Lipinski definition) is 3. The summed E-state index contributed by atoms with van der Waals surface area (Å²) in [5, 5.41) is 15.5. The Morgan fingerprint density at radius 1 is 1.07 bits per heavy atom. The minimum Gasteiger partial charge on any atom is -0.480 e. The van der Waals surface area contributed by atoms with Crippen LogP contribution in [-0.2, 0) is 22.6 Å². The molecule has 0 radical (unpaired) electrons. The van der Waals surface area contributed by atoms with Gasteiger partial charge in [-0.25, -0.2) is 4.79 Å². The molecule has 6 heteroatoms. The van der Waals surface area contributed by atoms with Gasteiger partial charge in [-0.1, -0.05) is 43.5 Å². The summed E-state index contributed by atoms with van der Waals surface area (Å²) in [7, 11) is 0. The zero-order valence-corrected chi connectivity index (χ0v) is 16.6. The fraction of sp³-hybridized carbons (Fsp3) is 0.619. The van der Waals surface area contributed by atoms with Crippen molar-refractivity contribution < 1.29 is 19.4 Å². The Hall–Kier alpha value is -2.08. The molecule has 0 aliphatic heterocycles. The Morgan fingerprint density at radius 3 is 2.15 bits per heavy atom. The van der Waals surface area contributed by atoms with Crippen LogP contribution in [0.15, 0.2) is 24.3 Å². The Morgan fingerprint density at radius 2 is 1.63 bits per heavy atom. The van der Waals surface area contributed by atoms with Crippen LogP contribution in [0.4, 0.5) is 4.79 Å². The molecule has 1 amide bonds. The summed E-state index contributed by atoms with van der Waals surface area (Å²) >= 11 is 0. The lowest BCUT2D eigenvalue weighted by molar-refractivity contribution is -0.141. The molecule has 1 fully saturated rings. The van der Waals surface area contributed by atoms with Crippen molar-refractivity contribution in [3.8, 4) is 0 Å². The van der Waals surface area contributed by atoms with Crippen LogP contribution in [0.25, 0.3) is 0 Å². The zero-order chi connectivity index (χ0) is 19.9. The van der Waals surface area contributed by atoms with E-state index in [4.69, 9.17) is 4.74 Å². The molecule has 6 nitrogen and oxygen atoms in total. The highest BCUT2D eigenvalue weighted by Crippen LogP contribution is 2.26. The smallest absolute Gasteiger partial charge is 0.407 e. The lowest BCUT2D eigenvalue weighted by Gasteiger charge is -2.28. The molecule has 0 bridgehead atoms. The van der Waals surface area contributed by atoms with Crippen LogP contribution in [0.1, 0.15) is 64.0 Å². The minimum absolute atomic E-state index is 0.216. The predicted octanol–water partition coefficient (Wildman–Crippen LogP) is 3.83. The van der Waals surface area contributed by atoms with Crippen LogP contribution in [0.3, 0.4) is 0 Å². The standard InChI is InChI=1S/C21H32N2O4/c1-21(2,3)27-20(26)23-14-16-11-9-15(10-12-16)13-22-18(19(24)25)17-7-5-4-6-8-17/h9-12,17-18,22H,4-8,13-14H2,1-3H3,(H,23,26)(H,24,25)/t18-/m0/s1. The summed E-state index contributed by atoms with van der Waals surface area (Å²) in [4.78, 5) is 23.3. The molecule has 1 aliphatic carbocycles. The van der Waals surface area contributed by atoms with E-state index in [0.717, 1.165) is 36.8 Å². The number of ether oxygens (including phenoxy) is 1. The zero-order valence-electron chi connectivity index (χ0n) is 16.6. The van der Waals surface area contributed by atoms with E-state index in [0.29, 0.717) is 13.1 Å². The van der Waals surface area contributed by atoms with E-state index in [1.54, 1.807) is 0 Å². The summed E-state index contributed by atoms with van der Waals surface area (Å²) in [5.74, 6) is -0.548. The molecule has 1 saturated carbocycles. The van der Waals surface area contributed by atoms with Gasteiger partial charge >= 0.3 is 12.1 Å². The van der Waals surface area contributed by atoms with Crippen LogP contribution >= 0.6 is 0 Å². The highest BCUT2D eigenvalue weighted by molar-refractivity contribution is 5.73. The van der Waals surface area contributed by atoms with Crippen molar-refractivity contribution in [1.82, 2.24) is 10.6 Å². The third-order valence-electron chi connectivity index (χ3n) is 4.77. The van der Waals surface area contributed by atoms with Gasteiger partial charge in [-0.15, -0.1) is 0 Å². The summed E-state index contributed by atoms with van der Waals surface area (Å²) in [6.07, 6.45) is 4.98. The first kappa shape index (κ1) is 21.2. The number of carbonyl (C=O) groups excluding carboxylic acids is 1. The van der Waals surface area contributed by atoms with Crippen LogP contribution in [0, 0.1) is 5.92 Å². The molecule has 0 heterocycles. The molecule has 0 unspecified atom stereocenters. The molecule has 150 valence electrons. The SMILES string of the molecule is CC(C)(C)OC(=O)NCc1ccc(CN[C@H](C(=O)O)C2CCCCC2)cc1. The first-order valence-electron chi connectivity index (χ1n) is 9.75. The monoisotopic (exact) mass is 376 g/mol. The van der Waals surface area contributed by atoms with Crippen molar-refractivity contribution in [3.05, 3.63) is 35.4 Å². The molecule has 0 saturated heterocycles. The Labute approximate surface area is 161 Å². The number of carboxylic acids is 1. The Bertz CT molecular complexity index is 616. The number of benzene rings is 1. The number of hydrogen-bond acceptors (Lipinski definition) is 4. The van der Waals surface area contributed by atoms with Gasteiger partial charge in [0.15, 0.2) is 0 Å². The second kappa shape index (κ2) is 9.74. The van der Waals surface area contributed by atoms with Crippen LogP contribution in [0.5, 0.6) is 0 Å². The number of rotatable bonds is 7. The van der Waals surface area contributed by atoms with Gasteiger partial charge in [0.2, 0.25) is 0 Å². The van der Waals surface area contributed by atoms with E-state index in [1.807, 2.05) is 45.0 Å². The molecule has 3 N–H and O–H groups in total. The van der Waals surface area contributed by atoms with Crippen molar-refractivity contribution in [2.45, 2.75) is 77.6 Å². The fourth-order valence-corrected chi connectivity index (χ4v) is 3.41. The molecule has 1 atom stereocenters. The largest absolute Gasteiger partial charge is 0.480 e. The van der Waals surface area contributed by atoms with Crippen LogP contribution < -0.4 is 10.6 Å². The van der Waals surface area contributed by atoms with Crippen molar-refractivity contribution in [3.63, 3.8) is 0 Å². The van der Waals surface area contributed by atoms with Gasteiger partial charge < -0.3 is 20.5 Å². The molecule has 1 aromatic rings. The molecule has 27 heavy (non-hydrogen) atoms. The predicted molar refractivity (Wildman–Crippen MR) is 104 cm³/mol. The molecule has 2 rings (SSSR count). The highest BCUT2D eigenvalue weighted by atomic mass is 16.6. The lowest BCUT2D eigenvalue weighted by Crippen LogP contribution is -2.43. The average molecular weight is 376 g/mol. The summed E-state index contributed by atoms with van der Waals surface area (Å²) < 4.78 is 5.21. The van der Waals surface area contributed by atoms with E-state index in [-0.39, 0.29) is 5.92 Å². The van der Waals surface area contributed by atoms with Gasteiger partial charge in [0.05, 0.1) is 0 Å². The third-order valence-corrected chi connectivity index (χ3v) is 4.77. The lowest BCUT2D eigenvalue weighted by atomic mass is 9.84. The first-order valence-corrected chi connectivity index (χ1v) is 9.75. The van der Waals surface area contributed by atoms with Crippen molar-refractivity contribution in [1.29, 1.82) is 0 Å². The van der Waals surface area contributed by atoms with Crippen molar-refractivity contribution in [2.24, 2.45) is 5.92 Å². The van der Waals surface area contributed by atoms with Gasteiger partial charge in [0, 0.05) is 13.1 Å².